The summed E-state index contributed by atoms with van der Waals surface area (Å²) in [5.41, 5.74) is 8.94. The second-order valence-electron chi connectivity index (χ2n) is 6.52. The molecule has 2 heterocycles. The zero-order valence-electron chi connectivity index (χ0n) is 17.2. The van der Waals surface area contributed by atoms with E-state index in [1.54, 1.807) is 13.3 Å². The van der Waals surface area contributed by atoms with Crippen molar-refractivity contribution in [1.29, 1.82) is 0 Å². The first-order valence-corrected chi connectivity index (χ1v) is 9.47. The van der Waals surface area contributed by atoms with E-state index in [-0.39, 0.29) is 12.6 Å². The molecule has 0 radical (unpaired) electrons. The molecular weight excluding hydrogens is 342 g/mol. The molecule has 0 aromatic carbocycles. The molecule has 0 aliphatic heterocycles. The Balaban J connectivity index is 2.57. The highest BCUT2D eigenvalue weighted by Gasteiger charge is 2.20. The lowest BCUT2D eigenvalue weighted by atomic mass is 10.1. The van der Waals surface area contributed by atoms with E-state index in [1.165, 1.54) is 0 Å². The number of anilines is 1. The smallest absolute Gasteiger partial charge is 0.236 e. The van der Waals surface area contributed by atoms with Gasteiger partial charge in [0.15, 0.2) is 0 Å². The van der Waals surface area contributed by atoms with Crippen LogP contribution in [-0.2, 0) is 13.0 Å². The van der Waals surface area contributed by atoms with Crippen LogP contribution < -0.4 is 20.1 Å². The summed E-state index contributed by atoms with van der Waals surface area (Å²) in [6.07, 6.45) is 4.44. The standard InChI is InChI=1S/C20H31N5O2/c1-7-13(8-2)27-20-15(9-3)23-19(16(11-21)24-20)14-12-22-18(25(4)5)10-17(14)26-6/h10,12-13H,7-9,11,21H2,1-6H3. The van der Waals surface area contributed by atoms with Gasteiger partial charge in [-0.15, -0.1) is 0 Å². The quantitative estimate of drug-likeness (QED) is 0.722. The monoisotopic (exact) mass is 373 g/mol. The summed E-state index contributed by atoms with van der Waals surface area (Å²) in [4.78, 5) is 16.0. The van der Waals surface area contributed by atoms with E-state index >= 15 is 0 Å². The van der Waals surface area contributed by atoms with Gasteiger partial charge in [0.2, 0.25) is 5.88 Å². The molecule has 148 valence electrons. The Morgan fingerprint density at radius 2 is 1.81 bits per heavy atom. The molecule has 0 atom stereocenters. The largest absolute Gasteiger partial charge is 0.496 e. The number of pyridine rings is 1. The lowest BCUT2D eigenvalue weighted by molar-refractivity contribution is 0.181. The highest BCUT2D eigenvalue weighted by molar-refractivity contribution is 5.70. The molecule has 0 saturated carbocycles. The molecule has 2 N–H and O–H groups in total. The van der Waals surface area contributed by atoms with Gasteiger partial charge in [-0.25, -0.2) is 15.0 Å². The Morgan fingerprint density at radius 1 is 1.11 bits per heavy atom. The predicted molar refractivity (Wildman–Crippen MR) is 108 cm³/mol. The molecular formula is C20H31N5O2. The van der Waals surface area contributed by atoms with Crippen molar-refractivity contribution in [3.8, 4) is 22.9 Å². The fourth-order valence-electron chi connectivity index (χ4n) is 2.80. The van der Waals surface area contributed by atoms with Gasteiger partial charge in [0.25, 0.3) is 0 Å². The molecule has 0 saturated heterocycles. The van der Waals surface area contributed by atoms with Gasteiger partial charge in [0.05, 0.1) is 30.2 Å². The molecule has 0 bridgehead atoms. The molecule has 0 unspecified atom stereocenters. The van der Waals surface area contributed by atoms with Crippen LogP contribution in [-0.4, -0.2) is 42.3 Å². The summed E-state index contributed by atoms with van der Waals surface area (Å²) in [5, 5.41) is 0. The third kappa shape index (κ3) is 4.66. The van der Waals surface area contributed by atoms with Gasteiger partial charge >= 0.3 is 0 Å². The molecule has 2 aromatic heterocycles. The second-order valence-corrected chi connectivity index (χ2v) is 6.52. The van der Waals surface area contributed by atoms with Crippen molar-refractivity contribution >= 4 is 5.82 Å². The summed E-state index contributed by atoms with van der Waals surface area (Å²) < 4.78 is 11.7. The molecule has 7 nitrogen and oxygen atoms in total. The summed E-state index contributed by atoms with van der Waals surface area (Å²) in [5.74, 6) is 2.07. The SMILES string of the molecule is CCc1nc(-c2cnc(N(C)C)cc2OC)c(CN)nc1OC(CC)CC. The van der Waals surface area contributed by atoms with Crippen LogP contribution in [0.2, 0.25) is 0 Å². The summed E-state index contributed by atoms with van der Waals surface area (Å²) in [6, 6.07) is 1.89. The number of nitrogens with two attached hydrogens (primary N) is 1. The Morgan fingerprint density at radius 3 is 2.33 bits per heavy atom. The summed E-state index contributed by atoms with van der Waals surface area (Å²) in [6.45, 7) is 6.51. The van der Waals surface area contributed by atoms with Crippen molar-refractivity contribution in [2.75, 3.05) is 26.1 Å². The number of rotatable bonds is 9. The topological polar surface area (TPSA) is 86.4 Å². The molecule has 27 heavy (non-hydrogen) atoms. The third-order valence-electron chi connectivity index (χ3n) is 4.51. The maximum atomic E-state index is 6.09. The van der Waals surface area contributed by atoms with E-state index in [4.69, 9.17) is 25.2 Å². The molecule has 0 amide bonds. The minimum Gasteiger partial charge on any atom is -0.496 e. The molecule has 2 aromatic rings. The number of ether oxygens (including phenoxy) is 2. The van der Waals surface area contributed by atoms with Gasteiger partial charge in [-0.3, -0.25) is 0 Å². The van der Waals surface area contributed by atoms with Crippen LogP contribution in [0.15, 0.2) is 12.3 Å². The molecule has 0 spiro atoms. The van der Waals surface area contributed by atoms with Crippen LogP contribution >= 0.6 is 0 Å². The van der Waals surface area contributed by atoms with E-state index < -0.39 is 0 Å². The second kappa shape index (κ2) is 9.50. The highest BCUT2D eigenvalue weighted by Crippen LogP contribution is 2.34. The lowest BCUT2D eigenvalue weighted by Crippen LogP contribution is -2.18. The average molecular weight is 374 g/mol. The van der Waals surface area contributed by atoms with Gasteiger partial charge in [0, 0.05) is 32.9 Å². The Kier molecular flexibility index (Phi) is 7.36. The first-order valence-electron chi connectivity index (χ1n) is 9.47. The predicted octanol–water partition coefficient (Wildman–Crippen LogP) is 3.20. The molecule has 0 fully saturated rings. The maximum Gasteiger partial charge on any atom is 0.236 e. The fraction of sp³-hybridized carbons (Fsp3) is 0.550. The molecule has 7 heteroatoms. The van der Waals surface area contributed by atoms with Crippen molar-refractivity contribution < 1.29 is 9.47 Å². The van der Waals surface area contributed by atoms with E-state index in [2.05, 4.69) is 18.8 Å². The first kappa shape index (κ1) is 20.9. The van der Waals surface area contributed by atoms with Gasteiger partial charge in [-0.2, -0.15) is 0 Å². The summed E-state index contributed by atoms with van der Waals surface area (Å²) in [7, 11) is 5.51. The zero-order valence-corrected chi connectivity index (χ0v) is 17.2. The van der Waals surface area contributed by atoms with Crippen molar-refractivity contribution in [2.45, 2.75) is 52.7 Å². The third-order valence-corrected chi connectivity index (χ3v) is 4.51. The summed E-state index contributed by atoms with van der Waals surface area (Å²) >= 11 is 0. The number of nitrogens with zero attached hydrogens (tertiary/aromatic N) is 4. The minimum absolute atomic E-state index is 0.122. The van der Waals surface area contributed by atoms with Gasteiger partial charge in [-0.1, -0.05) is 20.8 Å². The van der Waals surface area contributed by atoms with Crippen molar-refractivity contribution in [3.63, 3.8) is 0 Å². The van der Waals surface area contributed by atoms with Crippen LogP contribution in [0.5, 0.6) is 11.6 Å². The van der Waals surface area contributed by atoms with Crippen LogP contribution in [0.4, 0.5) is 5.82 Å². The fourth-order valence-corrected chi connectivity index (χ4v) is 2.80. The minimum atomic E-state index is 0.122. The van der Waals surface area contributed by atoms with Crippen LogP contribution in [0.3, 0.4) is 0 Å². The van der Waals surface area contributed by atoms with Gasteiger partial charge in [0.1, 0.15) is 17.3 Å². The van der Waals surface area contributed by atoms with Crippen LogP contribution in [0.25, 0.3) is 11.3 Å². The first-order chi connectivity index (χ1) is 13.0. The highest BCUT2D eigenvalue weighted by atomic mass is 16.5. The Hall–Kier alpha value is -2.41. The van der Waals surface area contributed by atoms with Gasteiger partial charge in [-0.05, 0) is 19.3 Å². The van der Waals surface area contributed by atoms with Crippen LogP contribution in [0, 0.1) is 0 Å². The molecule has 0 aliphatic carbocycles. The number of aryl methyl sites for hydroxylation is 1. The lowest BCUT2D eigenvalue weighted by Gasteiger charge is -2.20. The average Bonchev–Trinajstić information content (AvgIpc) is 2.70. The maximum absolute atomic E-state index is 6.09. The van der Waals surface area contributed by atoms with Crippen molar-refractivity contribution in [1.82, 2.24) is 15.0 Å². The van der Waals surface area contributed by atoms with E-state index in [1.807, 2.05) is 32.0 Å². The number of hydrogen-bond donors (Lipinski definition) is 1. The Labute approximate surface area is 161 Å². The van der Waals surface area contributed by atoms with E-state index in [0.29, 0.717) is 29.4 Å². The number of hydrogen-bond acceptors (Lipinski definition) is 7. The van der Waals surface area contributed by atoms with E-state index in [0.717, 1.165) is 29.9 Å². The van der Waals surface area contributed by atoms with Gasteiger partial charge < -0.3 is 20.1 Å². The van der Waals surface area contributed by atoms with Crippen LogP contribution in [0.1, 0.15) is 45.0 Å². The number of methoxy groups -OCH3 is 1. The Bertz CT molecular complexity index is 760. The molecule has 2 rings (SSSR count). The van der Waals surface area contributed by atoms with Crippen molar-refractivity contribution in [2.24, 2.45) is 5.73 Å². The normalized spacial score (nSPS) is 11.0. The number of aromatic nitrogens is 3. The van der Waals surface area contributed by atoms with E-state index in [9.17, 15) is 0 Å². The van der Waals surface area contributed by atoms with Crippen molar-refractivity contribution in [3.05, 3.63) is 23.7 Å². The zero-order chi connectivity index (χ0) is 20.0. The molecule has 0 aliphatic rings.